The summed E-state index contributed by atoms with van der Waals surface area (Å²) in [4.78, 5) is 0.0304. The summed E-state index contributed by atoms with van der Waals surface area (Å²) in [6, 6.07) is 2.78. The largest absolute Gasteiger partial charge is 0.494 e. The van der Waals surface area contributed by atoms with Gasteiger partial charge in [0.05, 0.1) is 12.0 Å². The third-order valence-corrected chi connectivity index (χ3v) is 6.36. The second-order valence-electron chi connectivity index (χ2n) is 5.80. The lowest BCUT2D eigenvalue weighted by atomic mass is 10.1. The Bertz CT molecular complexity index is 643. The van der Waals surface area contributed by atoms with E-state index in [9.17, 15) is 12.8 Å². The summed E-state index contributed by atoms with van der Waals surface area (Å²) in [6.45, 7) is 5.48. The van der Waals surface area contributed by atoms with Crippen molar-refractivity contribution >= 4 is 10.0 Å². The van der Waals surface area contributed by atoms with Crippen LogP contribution in [0.5, 0.6) is 5.75 Å². The Balaban J connectivity index is 2.43. The molecule has 1 N–H and O–H groups in total. The Morgan fingerprint density at radius 1 is 1.35 bits per heavy atom. The minimum absolute atomic E-state index is 0.0304. The lowest BCUT2D eigenvalue weighted by Crippen LogP contribution is -2.46. The van der Waals surface area contributed by atoms with E-state index in [2.05, 4.69) is 5.32 Å². The van der Waals surface area contributed by atoms with Gasteiger partial charge in [0.1, 0.15) is 0 Å². The Kier molecular flexibility index (Phi) is 6.00. The summed E-state index contributed by atoms with van der Waals surface area (Å²) in [5.41, 5.74) is 0.111. The number of methoxy groups -OCH3 is 1. The highest BCUT2D eigenvalue weighted by Gasteiger charge is 2.33. The first-order valence-corrected chi connectivity index (χ1v) is 9.43. The van der Waals surface area contributed by atoms with E-state index in [1.165, 1.54) is 26.2 Å². The zero-order valence-electron chi connectivity index (χ0n) is 13.9. The molecule has 1 heterocycles. The smallest absolute Gasteiger partial charge is 0.243 e. The molecule has 1 fully saturated rings. The summed E-state index contributed by atoms with van der Waals surface area (Å²) in [5.74, 6) is -0.555. The Labute approximate surface area is 137 Å². The number of nitrogens with one attached hydrogen (secondary N) is 1. The molecule has 0 aromatic heterocycles. The van der Waals surface area contributed by atoms with Crippen LogP contribution in [-0.2, 0) is 10.0 Å². The second-order valence-corrected chi connectivity index (χ2v) is 7.66. The van der Waals surface area contributed by atoms with Crippen molar-refractivity contribution in [3.8, 4) is 5.75 Å². The third kappa shape index (κ3) is 3.67. The maximum atomic E-state index is 14.3. The highest BCUT2D eigenvalue weighted by atomic mass is 32.2. The van der Waals surface area contributed by atoms with Gasteiger partial charge in [0, 0.05) is 18.2 Å². The van der Waals surface area contributed by atoms with Crippen LogP contribution < -0.4 is 10.1 Å². The molecule has 5 nitrogen and oxygen atoms in total. The molecule has 1 saturated heterocycles. The van der Waals surface area contributed by atoms with E-state index in [0.29, 0.717) is 6.54 Å². The molecule has 0 spiro atoms. The lowest BCUT2D eigenvalue weighted by Gasteiger charge is -2.34. The maximum Gasteiger partial charge on any atom is 0.243 e. The molecule has 1 aromatic carbocycles. The molecule has 1 aromatic rings. The standard InChI is InChI=1S/C16H25FN2O3S/c1-4-11-19(13-7-9-18-10-8-13)23(20,21)15-6-5-14(22-3)16(17)12(15)2/h5-6,13,18H,4,7-11H2,1-3H3. The topological polar surface area (TPSA) is 58.6 Å². The molecule has 0 aliphatic carbocycles. The van der Waals surface area contributed by atoms with Crippen LogP contribution >= 0.6 is 0 Å². The second kappa shape index (κ2) is 7.59. The van der Waals surface area contributed by atoms with Crippen LogP contribution in [0.15, 0.2) is 17.0 Å². The van der Waals surface area contributed by atoms with Gasteiger partial charge in [0.25, 0.3) is 0 Å². The van der Waals surface area contributed by atoms with Gasteiger partial charge in [-0.15, -0.1) is 0 Å². The highest BCUT2D eigenvalue weighted by Crippen LogP contribution is 2.30. The van der Waals surface area contributed by atoms with Gasteiger partial charge in [-0.1, -0.05) is 6.92 Å². The van der Waals surface area contributed by atoms with Crippen molar-refractivity contribution in [1.82, 2.24) is 9.62 Å². The van der Waals surface area contributed by atoms with Crippen molar-refractivity contribution in [2.75, 3.05) is 26.7 Å². The van der Waals surface area contributed by atoms with Crippen LogP contribution in [0.25, 0.3) is 0 Å². The molecule has 23 heavy (non-hydrogen) atoms. The molecule has 0 amide bonds. The average molecular weight is 344 g/mol. The molecule has 7 heteroatoms. The summed E-state index contributed by atoms with van der Waals surface area (Å²) in [5, 5.41) is 3.24. The number of hydrogen-bond acceptors (Lipinski definition) is 4. The fourth-order valence-corrected chi connectivity index (χ4v) is 5.02. The number of rotatable bonds is 6. The van der Waals surface area contributed by atoms with Crippen LogP contribution in [0, 0.1) is 12.7 Å². The van der Waals surface area contributed by atoms with Crippen LogP contribution in [0.3, 0.4) is 0 Å². The number of hydrogen-bond donors (Lipinski definition) is 1. The molecule has 1 aliphatic heterocycles. The molecular weight excluding hydrogens is 319 g/mol. The van der Waals surface area contributed by atoms with Gasteiger partial charge in [-0.05, 0) is 51.4 Å². The number of nitrogens with zero attached hydrogens (tertiary/aromatic N) is 1. The van der Waals surface area contributed by atoms with Gasteiger partial charge in [-0.25, -0.2) is 12.8 Å². The molecule has 1 aliphatic rings. The summed E-state index contributed by atoms with van der Waals surface area (Å²) >= 11 is 0. The minimum Gasteiger partial charge on any atom is -0.494 e. The fourth-order valence-electron chi connectivity index (χ4n) is 3.02. The van der Waals surface area contributed by atoms with Crippen LogP contribution in [-0.4, -0.2) is 45.5 Å². The molecule has 2 rings (SSSR count). The number of halogens is 1. The Hall–Kier alpha value is -1.18. The molecule has 0 atom stereocenters. The van der Waals surface area contributed by atoms with E-state index < -0.39 is 15.8 Å². The molecule has 0 bridgehead atoms. The Morgan fingerprint density at radius 3 is 2.57 bits per heavy atom. The molecular formula is C16H25FN2O3S. The van der Waals surface area contributed by atoms with E-state index >= 15 is 0 Å². The van der Waals surface area contributed by atoms with E-state index in [-0.39, 0.29) is 22.3 Å². The Morgan fingerprint density at radius 2 is 2.00 bits per heavy atom. The van der Waals surface area contributed by atoms with Crippen molar-refractivity contribution in [1.29, 1.82) is 0 Å². The SMILES string of the molecule is CCCN(C1CCNCC1)S(=O)(=O)c1ccc(OC)c(F)c1C. The van der Waals surface area contributed by atoms with Crippen LogP contribution in [0.2, 0.25) is 0 Å². The maximum absolute atomic E-state index is 14.3. The number of piperidine rings is 1. The molecule has 0 saturated carbocycles. The van der Waals surface area contributed by atoms with Crippen LogP contribution in [0.4, 0.5) is 4.39 Å². The first-order valence-electron chi connectivity index (χ1n) is 7.99. The molecule has 0 radical (unpaired) electrons. The third-order valence-electron chi connectivity index (χ3n) is 4.27. The van der Waals surface area contributed by atoms with Crippen molar-refractivity contribution < 1.29 is 17.5 Å². The predicted molar refractivity (Wildman–Crippen MR) is 87.8 cm³/mol. The normalized spacial score (nSPS) is 16.7. The quantitative estimate of drug-likeness (QED) is 0.860. The summed E-state index contributed by atoms with van der Waals surface area (Å²) < 4.78 is 46.9. The van der Waals surface area contributed by atoms with E-state index in [1.54, 1.807) is 4.31 Å². The lowest BCUT2D eigenvalue weighted by molar-refractivity contribution is 0.262. The predicted octanol–water partition coefficient (Wildman–Crippen LogP) is 2.30. The first kappa shape index (κ1) is 18.2. The van der Waals surface area contributed by atoms with Crippen molar-refractivity contribution in [3.05, 3.63) is 23.5 Å². The van der Waals surface area contributed by atoms with Crippen molar-refractivity contribution in [3.63, 3.8) is 0 Å². The van der Waals surface area contributed by atoms with Gasteiger partial charge < -0.3 is 10.1 Å². The molecule has 0 unspecified atom stereocenters. The van der Waals surface area contributed by atoms with E-state index in [1.807, 2.05) is 6.92 Å². The first-order chi connectivity index (χ1) is 10.9. The number of ether oxygens (including phenoxy) is 1. The van der Waals surface area contributed by atoms with Gasteiger partial charge in [-0.2, -0.15) is 4.31 Å². The summed E-state index contributed by atoms with van der Waals surface area (Å²) in [6.07, 6.45) is 2.27. The average Bonchev–Trinajstić information content (AvgIpc) is 2.55. The van der Waals surface area contributed by atoms with E-state index in [4.69, 9.17) is 4.74 Å². The van der Waals surface area contributed by atoms with Gasteiger partial charge in [0.2, 0.25) is 10.0 Å². The van der Waals surface area contributed by atoms with Gasteiger partial charge >= 0.3 is 0 Å². The van der Waals surface area contributed by atoms with E-state index in [0.717, 1.165) is 32.4 Å². The van der Waals surface area contributed by atoms with Crippen LogP contribution in [0.1, 0.15) is 31.7 Å². The van der Waals surface area contributed by atoms with Gasteiger partial charge in [-0.3, -0.25) is 0 Å². The highest BCUT2D eigenvalue weighted by molar-refractivity contribution is 7.89. The van der Waals surface area contributed by atoms with Crippen molar-refractivity contribution in [2.45, 2.75) is 44.0 Å². The molecule has 130 valence electrons. The fraction of sp³-hybridized carbons (Fsp3) is 0.625. The summed E-state index contributed by atoms with van der Waals surface area (Å²) in [7, 11) is -2.37. The van der Waals surface area contributed by atoms with Gasteiger partial charge in [0.15, 0.2) is 11.6 Å². The monoisotopic (exact) mass is 344 g/mol. The minimum atomic E-state index is -3.73. The zero-order chi connectivity index (χ0) is 17.0. The number of benzene rings is 1. The zero-order valence-corrected chi connectivity index (χ0v) is 14.7. The van der Waals surface area contributed by atoms with Crippen molar-refractivity contribution in [2.24, 2.45) is 0 Å². The number of sulfonamides is 1.